The molecule has 2 aliphatic rings. The number of nitrogens with one attached hydrogen (secondary N) is 1. The van der Waals surface area contributed by atoms with Crippen LogP contribution >= 0.6 is 0 Å². The maximum absolute atomic E-state index is 11.8. The van der Waals surface area contributed by atoms with E-state index >= 15 is 0 Å². The molecule has 0 aromatic rings. The smallest absolute Gasteiger partial charge is 0.329 e. The van der Waals surface area contributed by atoms with Crippen molar-refractivity contribution >= 4 is 12.0 Å². The molecule has 1 aliphatic carbocycles. The van der Waals surface area contributed by atoms with Crippen LogP contribution in [0.25, 0.3) is 0 Å². The molecule has 120 valence electrons. The van der Waals surface area contributed by atoms with Crippen LogP contribution in [0.3, 0.4) is 0 Å². The minimum atomic E-state index is -0.995. The Balaban J connectivity index is 1.48. The topological polar surface area (TPSA) is 88.1 Å². The predicted octanol–water partition coefficient (Wildman–Crippen LogP) is 0.688. The highest BCUT2D eigenvalue weighted by Crippen LogP contribution is 2.28. The first-order valence-electron chi connectivity index (χ1n) is 7.45. The number of hydrogen-bond acceptors (Lipinski definition) is 4. The van der Waals surface area contributed by atoms with Crippen LogP contribution in [0.5, 0.6) is 0 Å². The molecule has 2 amide bonds. The second-order valence-electron chi connectivity index (χ2n) is 6.09. The van der Waals surface area contributed by atoms with Gasteiger partial charge in [-0.3, -0.25) is 0 Å². The van der Waals surface area contributed by atoms with Crippen molar-refractivity contribution in [1.82, 2.24) is 10.2 Å². The molecular weight excluding hydrogens is 276 g/mol. The first kappa shape index (κ1) is 16.0. The van der Waals surface area contributed by atoms with E-state index in [4.69, 9.17) is 14.6 Å². The van der Waals surface area contributed by atoms with E-state index in [1.165, 1.54) is 12.8 Å². The second-order valence-corrected chi connectivity index (χ2v) is 6.09. The van der Waals surface area contributed by atoms with Crippen molar-refractivity contribution in [2.75, 3.05) is 39.5 Å². The van der Waals surface area contributed by atoms with Crippen LogP contribution < -0.4 is 5.32 Å². The minimum Gasteiger partial charge on any atom is -0.480 e. The van der Waals surface area contributed by atoms with Gasteiger partial charge in [-0.25, -0.2) is 9.59 Å². The van der Waals surface area contributed by atoms with E-state index in [0.29, 0.717) is 26.2 Å². The van der Waals surface area contributed by atoms with Crippen LogP contribution in [0.1, 0.15) is 26.2 Å². The molecule has 1 heterocycles. The maximum atomic E-state index is 11.8. The molecule has 7 nitrogen and oxygen atoms in total. The molecule has 2 N–H and O–H groups in total. The third-order valence-corrected chi connectivity index (χ3v) is 3.67. The van der Waals surface area contributed by atoms with Crippen molar-refractivity contribution in [2.24, 2.45) is 5.92 Å². The van der Waals surface area contributed by atoms with Crippen molar-refractivity contribution in [3.05, 3.63) is 0 Å². The summed E-state index contributed by atoms with van der Waals surface area (Å²) in [4.78, 5) is 23.9. The zero-order valence-corrected chi connectivity index (χ0v) is 12.5. The molecular formula is C14H24N2O5. The van der Waals surface area contributed by atoms with Gasteiger partial charge in [-0.15, -0.1) is 0 Å². The minimum absolute atomic E-state index is 0.131. The fraction of sp³-hybridized carbons (Fsp3) is 0.857. The molecule has 2 fully saturated rings. The number of nitrogens with zero attached hydrogens (tertiary/aromatic N) is 1. The summed E-state index contributed by atoms with van der Waals surface area (Å²) in [6.07, 6.45) is 3.38. The van der Waals surface area contributed by atoms with Crippen LogP contribution in [0.15, 0.2) is 0 Å². The molecule has 7 heteroatoms. The van der Waals surface area contributed by atoms with Crippen molar-refractivity contribution < 1.29 is 24.2 Å². The zero-order chi connectivity index (χ0) is 15.3. The van der Waals surface area contributed by atoms with Gasteiger partial charge in [0.15, 0.2) is 0 Å². The molecule has 0 atom stereocenters. The number of urea groups is 1. The first-order valence-corrected chi connectivity index (χ1v) is 7.45. The monoisotopic (exact) mass is 300 g/mol. The summed E-state index contributed by atoms with van der Waals surface area (Å²) in [5.41, 5.74) is -0.539. The normalized spacial score (nSPS) is 20.0. The van der Waals surface area contributed by atoms with Crippen LogP contribution in [0.2, 0.25) is 0 Å². The molecule has 0 aromatic carbocycles. The highest BCUT2D eigenvalue weighted by molar-refractivity contribution is 5.75. The number of aliphatic carboxylic acids is 1. The van der Waals surface area contributed by atoms with Gasteiger partial charge in [0.05, 0.1) is 13.1 Å². The molecule has 21 heavy (non-hydrogen) atoms. The Hall–Kier alpha value is -1.34. The molecule has 0 bridgehead atoms. The molecule has 0 aromatic heterocycles. The summed E-state index contributed by atoms with van der Waals surface area (Å²) in [5.74, 6) is -0.227. The molecule has 0 spiro atoms. The Labute approximate surface area is 124 Å². The Bertz CT molecular complexity index is 378. The van der Waals surface area contributed by atoms with Gasteiger partial charge >= 0.3 is 12.0 Å². The van der Waals surface area contributed by atoms with Crippen molar-refractivity contribution in [1.29, 1.82) is 0 Å². The van der Waals surface area contributed by atoms with Crippen molar-refractivity contribution in [2.45, 2.75) is 31.8 Å². The molecule has 1 saturated carbocycles. The van der Waals surface area contributed by atoms with Gasteiger partial charge in [-0.1, -0.05) is 0 Å². The highest BCUT2D eigenvalue weighted by Gasteiger charge is 2.42. The first-order chi connectivity index (χ1) is 9.98. The second kappa shape index (κ2) is 7.09. The Kier molecular flexibility index (Phi) is 5.41. The third kappa shape index (κ3) is 5.51. The highest BCUT2D eigenvalue weighted by atomic mass is 16.5. The van der Waals surface area contributed by atoms with Crippen LogP contribution in [0.4, 0.5) is 4.79 Å². The number of hydrogen-bond donors (Lipinski definition) is 2. The summed E-state index contributed by atoms with van der Waals surface area (Å²) in [6, 6.07) is -0.131. The molecule has 1 saturated heterocycles. The number of carbonyl (C=O) groups is 2. The maximum Gasteiger partial charge on any atom is 0.329 e. The lowest BCUT2D eigenvalue weighted by Gasteiger charge is -2.46. The number of likely N-dealkylation sites (tertiary alicyclic amines) is 1. The number of rotatable bonds is 9. The number of ether oxygens (including phenoxy) is 2. The van der Waals surface area contributed by atoms with Gasteiger partial charge in [0.25, 0.3) is 0 Å². The Morgan fingerprint density at radius 3 is 2.71 bits per heavy atom. The van der Waals surface area contributed by atoms with Gasteiger partial charge in [0.1, 0.15) is 12.2 Å². The average molecular weight is 300 g/mol. The van der Waals surface area contributed by atoms with Gasteiger partial charge in [0, 0.05) is 19.8 Å². The van der Waals surface area contributed by atoms with Crippen LogP contribution in [-0.2, 0) is 14.3 Å². The summed E-state index contributed by atoms with van der Waals surface area (Å²) in [5, 5.41) is 11.4. The quantitative estimate of drug-likeness (QED) is 0.612. The SMILES string of the molecule is CC1(OCC(=O)O)CN(C(=O)NCCCOCC2CC2)C1. The molecule has 0 unspecified atom stereocenters. The summed E-state index contributed by atoms with van der Waals surface area (Å²) in [7, 11) is 0. The number of carbonyl (C=O) groups excluding carboxylic acids is 1. The van der Waals surface area contributed by atoms with Gasteiger partial charge in [-0.05, 0) is 32.1 Å². The lowest BCUT2D eigenvalue weighted by atomic mass is 9.97. The zero-order valence-electron chi connectivity index (χ0n) is 12.5. The van der Waals surface area contributed by atoms with Crippen molar-refractivity contribution in [3.63, 3.8) is 0 Å². The fourth-order valence-electron chi connectivity index (χ4n) is 2.25. The van der Waals surface area contributed by atoms with Crippen LogP contribution in [0, 0.1) is 5.92 Å². The lowest BCUT2D eigenvalue weighted by molar-refractivity contribution is -0.159. The summed E-state index contributed by atoms with van der Waals surface area (Å²) < 4.78 is 10.7. The Morgan fingerprint density at radius 1 is 1.38 bits per heavy atom. The van der Waals surface area contributed by atoms with Gasteiger partial charge in [-0.2, -0.15) is 0 Å². The third-order valence-electron chi connectivity index (χ3n) is 3.67. The van der Waals surface area contributed by atoms with E-state index in [0.717, 1.165) is 18.9 Å². The van der Waals surface area contributed by atoms with Crippen LogP contribution in [-0.4, -0.2) is 67.1 Å². The van der Waals surface area contributed by atoms with E-state index in [9.17, 15) is 9.59 Å². The van der Waals surface area contributed by atoms with E-state index in [-0.39, 0.29) is 12.6 Å². The van der Waals surface area contributed by atoms with Gasteiger partial charge < -0.3 is 24.8 Å². The number of carboxylic acid groups (broad SMARTS) is 1. The lowest BCUT2D eigenvalue weighted by Crippen LogP contribution is -2.65. The van der Waals surface area contributed by atoms with E-state index in [2.05, 4.69) is 5.32 Å². The predicted molar refractivity (Wildman–Crippen MR) is 75.1 cm³/mol. The average Bonchev–Trinajstić information content (AvgIpc) is 3.21. The number of amides is 2. The molecule has 0 radical (unpaired) electrons. The number of carboxylic acids is 1. The summed E-state index contributed by atoms with van der Waals surface area (Å²) >= 11 is 0. The van der Waals surface area contributed by atoms with Crippen molar-refractivity contribution in [3.8, 4) is 0 Å². The molecule has 1 aliphatic heterocycles. The van der Waals surface area contributed by atoms with Gasteiger partial charge in [0.2, 0.25) is 0 Å². The van der Waals surface area contributed by atoms with E-state index < -0.39 is 11.6 Å². The fourth-order valence-corrected chi connectivity index (χ4v) is 2.25. The molecule has 2 rings (SSSR count). The van der Waals surface area contributed by atoms with E-state index in [1.807, 2.05) is 6.92 Å². The van der Waals surface area contributed by atoms with E-state index in [1.54, 1.807) is 4.90 Å². The largest absolute Gasteiger partial charge is 0.480 e. The Morgan fingerprint density at radius 2 is 2.10 bits per heavy atom. The summed E-state index contributed by atoms with van der Waals surface area (Å²) in [6.45, 7) is 4.44. The standard InChI is InChI=1S/C14H24N2O5/c1-14(21-8-12(17)18)9-16(10-14)13(19)15-5-2-6-20-7-11-3-4-11/h11H,2-10H2,1H3,(H,15,19)(H,17,18).